The van der Waals surface area contributed by atoms with E-state index in [0.29, 0.717) is 29.1 Å². The molecular formula is C28H23N5O3S. The Morgan fingerprint density at radius 1 is 0.865 bits per heavy atom. The molecular weight excluding hydrogens is 486 g/mol. The Bertz CT molecular complexity index is 1530. The van der Waals surface area contributed by atoms with Crippen LogP contribution in [0.2, 0.25) is 0 Å². The number of carbonyl (C=O) groups is 1. The van der Waals surface area contributed by atoms with Crippen molar-refractivity contribution in [3.8, 4) is 17.2 Å². The first kappa shape index (κ1) is 24.0. The lowest BCUT2D eigenvalue weighted by atomic mass is 10.2. The van der Waals surface area contributed by atoms with Gasteiger partial charge in [-0.15, -0.1) is 10.2 Å². The van der Waals surface area contributed by atoms with Crippen LogP contribution in [-0.2, 0) is 6.61 Å². The van der Waals surface area contributed by atoms with Crippen LogP contribution < -0.4 is 20.1 Å². The predicted molar refractivity (Wildman–Crippen MR) is 146 cm³/mol. The van der Waals surface area contributed by atoms with Crippen LogP contribution in [0.3, 0.4) is 0 Å². The van der Waals surface area contributed by atoms with Crippen molar-refractivity contribution in [1.82, 2.24) is 20.3 Å². The monoisotopic (exact) mass is 509 g/mol. The molecule has 4 aromatic carbocycles. The molecule has 1 aromatic heterocycles. The molecule has 0 fully saturated rings. The number of ether oxygens (including phenoxy) is 2. The van der Waals surface area contributed by atoms with Gasteiger partial charge in [-0.1, -0.05) is 30.3 Å². The van der Waals surface area contributed by atoms with E-state index in [1.807, 2.05) is 72.8 Å². The highest BCUT2D eigenvalue weighted by molar-refractivity contribution is 7.80. The minimum Gasteiger partial charge on any atom is -0.497 e. The summed E-state index contributed by atoms with van der Waals surface area (Å²) in [6.07, 6.45) is 0. The number of hydrogen-bond acceptors (Lipinski definition) is 6. The van der Waals surface area contributed by atoms with Crippen LogP contribution in [0.25, 0.3) is 16.7 Å². The Balaban J connectivity index is 1.18. The molecule has 1 heterocycles. The second kappa shape index (κ2) is 10.9. The summed E-state index contributed by atoms with van der Waals surface area (Å²) in [5, 5.41) is 15.0. The third kappa shape index (κ3) is 5.91. The Labute approximate surface area is 218 Å². The fraction of sp³-hybridized carbons (Fsp3) is 0.0714. The van der Waals surface area contributed by atoms with Gasteiger partial charge in [-0.3, -0.25) is 10.1 Å². The van der Waals surface area contributed by atoms with Crippen molar-refractivity contribution >= 4 is 40.0 Å². The fourth-order valence-electron chi connectivity index (χ4n) is 3.60. The van der Waals surface area contributed by atoms with E-state index in [1.54, 1.807) is 36.2 Å². The summed E-state index contributed by atoms with van der Waals surface area (Å²) in [6, 6.07) is 29.7. The average molecular weight is 510 g/mol. The van der Waals surface area contributed by atoms with Crippen LogP contribution in [0.1, 0.15) is 15.9 Å². The van der Waals surface area contributed by atoms with Crippen LogP contribution in [0.5, 0.6) is 11.5 Å². The van der Waals surface area contributed by atoms with E-state index in [1.165, 1.54) is 0 Å². The lowest BCUT2D eigenvalue weighted by Gasteiger charge is -2.10. The van der Waals surface area contributed by atoms with Crippen molar-refractivity contribution in [1.29, 1.82) is 0 Å². The Hall–Kier alpha value is -4.76. The number of methoxy groups -OCH3 is 1. The first-order valence-electron chi connectivity index (χ1n) is 11.5. The summed E-state index contributed by atoms with van der Waals surface area (Å²) >= 11 is 5.34. The number of thiocarbonyl (C=S) groups is 1. The van der Waals surface area contributed by atoms with Gasteiger partial charge < -0.3 is 14.8 Å². The molecule has 37 heavy (non-hydrogen) atoms. The molecule has 9 heteroatoms. The molecule has 0 aliphatic heterocycles. The Kier molecular flexibility index (Phi) is 7.05. The fourth-order valence-corrected chi connectivity index (χ4v) is 3.81. The van der Waals surface area contributed by atoms with Gasteiger partial charge in [0.15, 0.2) is 5.11 Å². The standard InChI is InChI=1S/C28H23N5O3S/c1-35-23-14-10-22(11-15-23)33-31-25-16-9-21(17-26(25)32-33)29-28(37)30-27(34)20-7-12-24(13-8-20)36-18-19-5-3-2-4-6-19/h2-17H,18H2,1H3,(H2,29,30,34,37). The van der Waals surface area contributed by atoms with Gasteiger partial charge in [-0.25, -0.2) is 0 Å². The molecule has 184 valence electrons. The predicted octanol–water partition coefficient (Wildman–Crippen LogP) is 5.13. The molecule has 8 nitrogen and oxygen atoms in total. The third-order valence-electron chi connectivity index (χ3n) is 5.53. The molecule has 2 N–H and O–H groups in total. The topological polar surface area (TPSA) is 90.3 Å². The molecule has 0 aliphatic rings. The summed E-state index contributed by atoms with van der Waals surface area (Å²) < 4.78 is 11.0. The number of benzene rings is 4. The summed E-state index contributed by atoms with van der Waals surface area (Å²) in [7, 11) is 1.62. The van der Waals surface area contributed by atoms with Crippen molar-refractivity contribution in [2.75, 3.05) is 12.4 Å². The highest BCUT2D eigenvalue weighted by Crippen LogP contribution is 2.19. The minimum atomic E-state index is -0.321. The number of nitrogens with one attached hydrogen (secondary N) is 2. The molecule has 0 bridgehead atoms. The van der Waals surface area contributed by atoms with Crippen LogP contribution in [0.15, 0.2) is 97.1 Å². The summed E-state index contributed by atoms with van der Waals surface area (Å²) in [6.45, 7) is 0.457. The number of amides is 1. The van der Waals surface area contributed by atoms with Crippen molar-refractivity contribution in [3.63, 3.8) is 0 Å². The smallest absolute Gasteiger partial charge is 0.257 e. The molecule has 0 atom stereocenters. The van der Waals surface area contributed by atoms with E-state index in [9.17, 15) is 4.79 Å². The Morgan fingerprint density at radius 3 is 2.30 bits per heavy atom. The number of rotatable bonds is 7. The molecule has 0 aliphatic carbocycles. The SMILES string of the molecule is COc1ccc(-n2nc3ccc(NC(=S)NC(=O)c4ccc(OCc5ccccc5)cc4)cc3n2)cc1. The number of hydrogen-bond donors (Lipinski definition) is 2. The zero-order valence-electron chi connectivity index (χ0n) is 19.9. The average Bonchev–Trinajstić information content (AvgIpc) is 3.36. The summed E-state index contributed by atoms with van der Waals surface area (Å²) in [5.74, 6) is 1.12. The highest BCUT2D eigenvalue weighted by atomic mass is 32.1. The number of carbonyl (C=O) groups excluding carboxylic acids is 1. The van der Waals surface area contributed by atoms with E-state index in [2.05, 4.69) is 20.8 Å². The molecule has 0 radical (unpaired) electrons. The molecule has 5 aromatic rings. The zero-order valence-corrected chi connectivity index (χ0v) is 20.7. The lowest BCUT2D eigenvalue weighted by Crippen LogP contribution is -2.34. The van der Waals surface area contributed by atoms with Gasteiger partial charge in [-0.2, -0.15) is 4.80 Å². The van der Waals surface area contributed by atoms with E-state index >= 15 is 0 Å². The van der Waals surface area contributed by atoms with Gasteiger partial charge in [0.2, 0.25) is 0 Å². The zero-order chi connectivity index (χ0) is 25.6. The number of aromatic nitrogens is 3. The van der Waals surface area contributed by atoms with E-state index in [0.717, 1.165) is 22.5 Å². The number of nitrogens with zero attached hydrogens (tertiary/aromatic N) is 3. The van der Waals surface area contributed by atoms with Crippen LogP contribution in [0.4, 0.5) is 5.69 Å². The second-order valence-corrected chi connectivity index (χ2v) is 8.51. The first-order chi connectivity index (χ1) is 18.1. The van der Waals surface area contributed by atoms with Crippen molar-refractivity contribution < 1.29 is 14.3 Å². The van der Waals surface area contributed by atoms with Crippen LogP contribution in [-0.4, -0.2) is 33.1 Å². The van der Waals surface area contributed by atoms with E-state index in [4.69, 9.17) is 21.7 Å². The van der Waals surface area contributed by atoms with Gasteiger partial charge in [0.1, 0.15) is 29.1 Å². The molecule has 0 unspecified atom stereocenters. The van der Waals surface area contributed by atoms with E-state index < -0.39 is 0 Å². The lowest BCUT2D eigenvalue weighted by molar-refractivity contribution is 0.0977. The van der Waals surface area contributed by atoms with Crippen molar-refractivity contribution in [3.05, 3.63) is 108 Å². The van der Waals surface area contributed by atoms with Gasteiger partial charge in [-0.05, 0) is 84.5 Å². The van der Waals surface area contributed by atoms with Crippen LogP contribution in [0, 0.1) is 0 Å². The normalized spacial score (nSPS) is 10.6. The molecule has 0 spiro atoms. The van der Waals surface area contributed by atoms with Crippen LogP contribution >= 0.6 is 12.2 Å². The highest BCUT2D eigenvalue weighted by Gasteiger charge is 2.10. The Morgan fingerprint density at radius 2 is 1.57 bits per heavy atom. The number of anilines is 1. The molecule has 0 saturated heterocycles. The summed E-state index contributed by atoms with van der Waals surface area (Å²) in [4.78, 5) is 14.2. The van der Waals surface area contributed by atoms with Gasteiger partial charge in [0, 0.05) is 11.3 Å². The maximum atomic E-state index is 12.6. The molecule has 0 saturated carbocycles. The maximum absolute atomic E-state index is 12.6. The van der Waals surface area contributed by atoms with Gasteiger partial charge in [0.25, 0.3) is 5.91 Å². The maximum Gasteiger partial charge on any atom is 0.257 e. The van der Waals surface area contributed by atoms with Crippen molar-refractivity contribution in [2.24, 2.45) is 0 Å². The molecule has 5 rings (SSSR count). The third-order valence-corrected chi connectivity index (χ3v) is 5.74. The number of fused-ring (bicyclic) bond motifs is 1. The molecule has 1 amide bonds. The van der Waals surface area contributed by atoms with Gasteiger partial charge >= 0.3 is 0 Å². The minimum absolute atomic E-state index is 0.177. The van der Waals surface area contributed by atoms with Crippen molar-refractivity contribution in [2.45, 2.75) is 6.61 Å². The quantitative estimate of drug-likeness (QED) is 0.294. The first-order valence-corrected chi connectivity index (χ1v) is 11.9. The summed E-state index contributed by atoms with van der Waals surface area (Å²) in [5.41, 5.74) is 4.44. The second-order valence-electron chi connectivity index (χ2n) is 8.10. The largest absolute Gasteiger partial charge is 0.497 e. The van der Waals surface area contributed by atoms with Gasteiger partial charge in [0.05, 0.1) is 12.8 Å². The van der Waals surface area contributed by atoms with E-state index in [-0.39, 0.29) is 11.0 Å².